The lowest BCUT2D eigenvalue weighted by Gasteiger charge is -2.32. The molecule has 0 unspecified atom stereocenters. The summed E-state index contributed by atoms with van der Waals surface area (Å²) in [4.78, 5) is 20.7. The van der Waals surface area contributed by atoms with E-state index in [0.717, 1.165) is 31.9 Å². The Balaban J connectivity index is 0.000000427. The number of hydrogen-bond donors (Lipinski definition) is 3. The van der Waals surface area contributed by atoms with Crippen molar-refractivity contribution in [3.8, 4) is 0 Å². The number of fused-ring (bicyclic) bond motifs is 1. The summed E-state index contributed by atoms with van der Waals surface area (Å²) < 4.78 is 13.2. The van der Waals surface area contributed by atoms with Crippen molar-refractivity contribution in [1.29, 1.82) is 0 Å². The highest BCUT2D eigenvalue weighted by molar-refractivity contribution is 6.27. The third kappa shape index (κ3) is 6.52. The average Bonchev–Trinajstić information content (AvgIpc) is 2.80. The van der Waals surface area contributed by atoms with Crippen molar-refractivity contribution in [3.63, 3.8) is 0 Å². The van der Waals surface area contributed by atoms with E-state index in [1.54, 1.807) is 12.1 Å². The first-order valence-electron chi connectivity index (χ1n) is 10.6. The van der Waals surface area contributed by atoms with Gasteiger partial charge in [-0.05, 0) is 66.4 Å². The maximum atomic E-state index is 13.2. The Hall–Kier alpha value is -3.45. The first kappa shape index (κ1) is 23.2. The van der Waals surface area contributed by atoms with Gasteiger partial charge < -0.3 is 20.4 Å². The van der Waals surface area contributed by atoms with Crippen molar-refractivity contribution in [2.75, 3.05) is 31.5 Å². The van der Waals surface area contributed by atoms with Gasteiger partial charge in [0.05, 0.1) is 0 Å². The van der Waals surface area contributed by atoms with E-state index in [-0.39, 0.29) is 5.82 Å². The van der Waals surface area contributed by atoms with E-state index in [4.69, 9.17) is 19.8 Å². The second-order valence-corrected chi connectivity index (χ2v) is 7.73. The van der Waals surface area contributed by atoms with Crippen molar-refractivity contribution in [2.24, 2.45) is 0 Å². The van der Waals surface area contributed by atoms with Crippen LogP contribution in [0.4, 0.5) is 10.1 Å². The quantitative estimate of drug-likeness (QED) is 0.511. The highest BCUT2D eigenvalue weighted by Gasteiger charge is 2.21. The lowest BCUT2D eigenvalue weighted by molar-refractivity contribution is -0.159. The molecule has 1 aliphatic heterocycles. The molecule has 1 aliphatic rings. The number of nitrogens with one attached hydrogen (secondary N) is 1. The largest absolute Gasteiger partial charge is 0.473 e. The summed E-state index contributed by atoms with van der Waals surface area (Å²) in [7, 11) is 0. The number of carbonyl (C=O) groups is 2. The van der Waals surface area contributed by atoms with Gasteiger partial charge in [0.15, 0.2) is 0 Å². The molecule has 1 saturated heterocycles. The number of halogens is 1. The predicted molar refractivity (Wildman–Crippen MR) is 123 cm³/mol. The van der Waals surface area contributed by atoms with Gasteiger partial charge in [0.25, 0.3) is 0 Å². The fraction of sp³-hybridized carbons (Fsp3) is 0.280. The Kier molecular flexibility index (Phi) is 8.16. The van der Waals surface area contributed by atoms with Crippen LogP contribution in [-0.4, -0.2) is 53.2 Å². The minimum atomic E-state index is -1.82. The highest BCUT2D eigenvalue weighted by Crippen LogP contribution is 2.32. The summed E-state index contributed by atoms with van der Waals surface area (Å²) in [5, 5.41) is 20.8. The first-order chi connectivity index (χ1) is 15.4. The number of nitrogens with zero attached hydrogens (tertiary/aromatic N) is 1. The Bertz CT molecular complexity index is 1050. The number of anilines is 1. The second kappa shape index (κ2) is 11.2. The molecule has 0 radical (unpaired) electrons. The molecule has 6 nitrogen and oxygen atoms in total. The summed E-state index contributed by atoms with van der Waals surface area (Å²) in [6.45, 7) is 4.10. The van der Waals surface area contributed by atoms with Crippen LogP contribution in [0.15, 0.2) is 66.7 Å². The smallest absolute Gasteiger partial charge is 0.414 e. The molecule has 3 aromatic carbocycles. The summed E-state index contributed by atoms with van der Waals surface area (Å²) in [6.07, 6.45) is 2.40. The molecule has 0 amide bonds. The summed E-state index contributed by atoms with van der Waals surface area (Å²) in [5.74, 6) is -3.19. The molecule has 0 spiro atoms. The first-order valence-corrected chi connectivity index (χ1v) is 10.6. The van der Waals surface area contributed by atoms with Crippen LogP contribution < -0.4 is 5.32 Å². The maximum Gasteiger partial charge on any atom is 0.414 e. The lowest BCUT2D eigenvalue weighted by Crippen LogP contribution is -2.36. The number of hydrogen-bond acceptors (Lipinski definition) is 4. The third-order valence-electron chi connectivity index (χ3n) is 5.62. The molecule has 1 heterocycles. The molecule has 0 atom stereocenters. The van der Waals surface area contributed by atoms with Crippen LogP contribution in [0.3, 0.4) is 0 Å². The van der Waals surface area contributed by atoms with Gasteiger partial charge in [-0.1, -0.05) is 48.5 Å². The number of piperidine rings is 1. The minimum absolute atomic E-state index is 0.189. The van der Waals surface area contributed by atoms with Crippen LogP contribution in [-0.2, 0) is 9.59 Å². The van der Waals surface area contributed by atoms with Crippen molar-refractivity contribution < 1.29 is 24.2 Å². The summed E-state index contributed by atoms with van der Waals surface area (Å²) in [6, 6.07) is 22.1. The number of aliphatic carboxylic acids is 2. The standard InChI is InChI=1S/C23H25FN2.C2H2O4/c24-20-7-4-8-21(17-20)25-13-16-26-14-11-19(12-15-26)23-10-3-6-18-5-1-2-9-22(18)23;3-1(4)2(5)6/h1-10,17,19,25H,11-16H2;(H,3,4)(H,5,6). The second-order valence-electron chi connectivity index (χ2n) is 7.73. The maximum absolute atomic E-state index is 13.2. The van der Waals surface area contributed by atoms with E-state index < -0.39 is 11.9 Å². The van der Waals surface area contributed by atoms with Gasteiger partial charge in [-0.3, -0.25) is 0 Å². The molecule has 1 fully saturated rings. The van der Waals surface area contributed by atoms with Crippen molar-refractivity contribution >= 4 is 28.4 Å². The van der Waals surface area contributed by atoms with E-state index in [0.29, 0.717) is 5.92 Å². The molecule has 32 heavy (non-hydrogen) atoms. The Morgan fingerprint density at radius 3 is 2.28 bits per heavy atom. The number of likely N-dealkylation sites (tertiary alicyclic amines) is 1. The van der Waals surface area contributed by atoms with Crippen LogP contribution in [0.1, 0.15) is 24.3 Å². The van der Waals surface area contributed by atoms with Crippen LogP contribution in [0.5, 0.6) is 0 Å². The molecular weight excluding hydrogens is 411 g/mol. The number of benzene rings is 3. The Morgan fingerprint density at radius 2 is 1.59 bits per heavy atom. The molecule has 4 rings (SSSR count). The van der Waals surface area contributed by atoms with Gasteiger partial charge in [0.1, 0.15) is 5.82 Å². The Morgan fingerprint density at radius 1 is 0.938 bits per heavy atom. The molecule has 0 aliphatic carbocycles. The lowest BCUT2D eigenvalue weighted by atomic mass is 9.86. The van der Waals surface area contributed by atoms with Gasteiger partial charge in [0, 0.05) is 18.8 Å². The van der Waals surface area contributed by atoms with Crippen LogP contribution in [0, 0.1) is 5.82 Å². The molecule has 3 N–H and O–H groups in total. The van der Waals surface area contributed by atoms with E-state index in [1.165, 1.54) is 35.2 Å². The molecule has 3 aromatic rings. The molecule has 0 aromatic heterocycles. The monoisotopic (exact) mass is 438 g/mol. The highest BCUT2D eigenvalue weighted by atomic mass is 19.1. The van der Waals surface area contributed by atoms with Crippen molar-refractivity contribution in [3.05, 3.63) is 78.1 Å². The topological polar surface area (TPSA) is 89.9 Å². The van der Waals surface area contributed by atoms with E-state index in [1.807, 2.05) is 6.07 Å². The summed E-state index contributed by atoms with van der Waals surface area (Å²) in [5.41, 5.74) is 2.36. The number of carboxylic acids is 2. The van der Waals surface area contributed by atoms with Gasteiger partial charge in [-0.25, -0.2) is 14.0 Å². The van der Waals surface area contributed by atoms with E-state index in [9.17, 15) is 4.39 Å². The van der Waals surface area contributed by atoms with Crippen LogP contribution in [0.25, 0.3) is 10.8 Å². The minimum Gasteiger partial charge on any atom is -0.473 e. The van der Waals surface area contributed by atoms with E-state index in [2.05, 4.69) is 52.7 Å². The van der Waals surface area contributed by atoms with Crippen molar-refractivity contribution in [1.82, 2.24) is 4.90 Å². The average molecular weight is 438 g/mol. The van der Waals surface area contributed by atoms with Gasteiger partial charge in [-0.2, -0.15) is 0 Å². The normalized spacial score (nSPS) is 14.4. The zero-order chi connectivity index (χ0) is 22.9. The molecule has 0 bridgehead atoms. The fourth-order valence-electron chi connectivity index (χ4n) is 4.03. The van der Waals surface area contributed by atoms with Crippen LogP contribution in [0.2, 0.25) is 0 Å². The number of rotatable bonds is 5. The fourth-order valence-corrected chi connectivity index (χ4v) is 4.03. The van der Waals surface area contributed by atoms with Gasteiger partial charge >= 0.3 is 11.9 Å². The van der Waals surface area contributed by atoms with Crippen molar-refractivity contribution in [2.45, 2.75) is 18.8 Å². The molecular formula is C25H27FN2O4. The SMILES string of the molecule is Fc1cccc(NCCN2CCC(c3cccc4ccccc34)CC2)c1.O=C(O)C(=O)O. The summed E-state index contributed by atoms with van der Waals surface area (Å²) >= 11 is 0. The van der Waals surface area contributed by atoms with Gasteiger partial charge in [-0.15, -0.1) is 0 Å². The van der Waals surface area contributed by atoms with Crippen LogP contribution >= 0.6 is 0 Å². The van der Waals surface area contributed by atoms with E-state index >= 15 is 0 Å². The zero-order valence-corrected chi connectivity index (χ0v) is 17.7. The third-order valence-corrected chi connectivity index (χ3v) is 5.62. The number of carboxylic acid groups (broad SMARTS) is 2. The van der Waals surface area contributed by atoms with Gasteiger partial charge in [0.2, 0.25) is 0 Å². The molecule has 168 valence electrons. The Labute approximate surface area is 186 Å². The predicted octanol–water partition coefficient (Wildman–Crippen LogP) is 4.43. The molecule has 0 saturated carbocycles. The zero-order valence-electron chi connectivity index (χ0n) is 17.7. The molecule has 7 heteroatoms.